The number of esters is 1. The Balaban J connectivity index is 2.14. The Hall–Kier alpha value is -2.40. The van der Waals surface area contributed by atoms with E-state index in [-0.39, 0.29) is 12.0 Å². The lowest BCUT2D eigenvalue weighted by Crippen LogP contribution is -2.32. The van der Waals surface area contributed by atoms with E-state index in [9.17, 15) is 4.79 Å². The molecule has 26 heavy (non-hydrogen) atoms. The Morgan fingerprint density at radius 3 is 2.50 bits per heavy atom. The summed E-state index contributed by atoms with van der Waals surface area (Å²) in [6.07, 6.45) is 0.908. The van der Waals surface area contributed by atoms with E-state index in [1.807, 2.05) is 19.1 Å². The van der Waals surface area contributed by atoms with Crippen molar-refractivity contribution in [1.29, 1.82) is 0 Å². The first-order valence-corrected chi connectivity index (χ1v) is 9.10. The van der Waals surface area contributed by atoms with E-state index in [0.717, 1.165) is 17.7 Å². The second-order valence-corrected chi connectivity index (χ2v) is 6.78. The lowest BCUT2D eigenvalue weighted by Gasteiger charge is -2.21. The van der Waals surface area contributed by atoms with Crippen LogP contribution < -0.4 is 10.6 Å². The maximum absolute atomic E-state index is 11.8. The molecule has 0 spiro atoms. The summed E-state index contributed by atoms with van der Waals surface area (Å²) in [5.74, 6) is -0.355. The zero-order valence-electron chi connectivity index (χ0n) is 16.0. The number of carbonyl (C=O) groups is 1. The largest absolute Gasteiger partial charge is 0.465 e. The van der Waals surface area contributed by atoms with E-state index < -0.39 is 0 Å². The topological polar surface area (TPSA) is 50.4 Å². The van der Waals surface area contributed by atoms with Gasteiger partial charge in [-0.05, 0) is 73.8 Å². The minimum absolute atomic E-state index is 0.124. The van der Waals surface area contributed by atoms with Crippen LogP contribution in [0.25, 0.3) is 0 Å². The quantitative estimate of drug-likeness (QED) is 0.583. The fraction of sp³-hybridized carbons (Fsp3) is 0.333. The molecule has 0 fully saturated rings. The van der Waals surface area contributed by atoms with E-state index >= 15 is 0 Å². The van der Waals surface area contributed by atoms with Gasteiger partial charge in [0.1, 0.15) is 0 Å². The monoisotopic (exact) mass is 370 g/mol. The highest BCUT2D eigenvalue weighted by molar-refractivity contribution is 7.80. The Labute approximate surface area is 161 Å². The standard InChI is InChI=1S/C21H26N2O2S/c1-6-18(16-11-10-13(2)14(3)12-16)22-21(26)23-19-9-7-8-17(15(19)4)20(24)25-5/h7-12,18H,6H2,1-5H3,(H2,22,23,26)/t18-/m1/s1. The maximum Gasteiger partial charge on any atom is 0.338 e. The van der Waals surface area contributed by atoms with Crippen molar-refractivity contribution in [2.45, 2.75) is 40.2 Å². The van der Waals surface area contributed by atoms with Crippen LogP contribution in [-0.4, -0.2) is 18.2 Å². The molecular formula is C21H26N2O2S. The van der Waals surface area contributed by atoms with Crippen molar-refractivity contribution >= 4 is 29.0 Å². The molecule has 2 aromatic rings. The number of aryl methyl sites for hydroxylation is 2. The molecule has 2 aromatic carbocycles. The molecule has 2 N–H and O–H groups in total. The molecule has 0 aliphatic heterocycles. The highest BCUT2D eigenvalue weighted by Gasteiger charge is 2.15. The molecule has 5 heteroatoms. The van der Waals surface area contributed by atoms with Gasteiger partial charge in [-0.25, -0.2) is 4.79 Å². The summed E-state index contributed by atoms with van der Waals surface area (Å²) in [4.78, 5) is 11.8. The van der Waals surface area contributed by atoms with E-state index in [1.165, 1.54) is 23.8 Å². The number of thiocarbonyl (C=S) groups is 1. The molecule has 0 heterocycles. The van der Waals surface area contributed by atoms with Crippen molar-refractivity contribution in [2.24, 2.45) is 0 Å². The first kappa shape index (κ1) is 19.9. The molecule has 0 saturated carbocycles. The van der Waals surface area contributed by atoms with E-state index in [0.29, 0.717) is 10.7 Å². The number of benzene rings is 2. The predicted molar refractivity (Wildman–Crippen MR) is 111 cm³/mol. The Morgan fingerprint density at radius 1 is 1.15 bits per heavy atom. The summed E-state index contributed by atoms with van der Waals surface area (Å²) >= 11 is 5.50. The number of nitrogens with one attached hydrogen (secondary N) is 2. The summed E-state index contributed by atoms with van der Waals surface area (Å²) in [5.41, 5.74) is 5.88. The van der Waals surface area contributed by atoms with E-state index in [1.54, 1.807) is 6.07 Å². The van der Waals surface area contributed by atoms with Gasteiger partial charge in [0, 0.05) is 5.69 Å². The van der Waals surface area contributed by atoms with Crippen molar-refractivity contribution in [2.75, 3.05) is 12.4 Å². The van der Waals surface area contributed by atoms with Gasteiger partial charge in [-0.3, -0.25) is 0 Å². The van der Waals surface area contributed by atoms with Crippen LogP contribution in [-0.2, 0) is 4.74 Å². The molecule has 0 amide bonds. The summed E-state index contributed by atoms with van der Waals surface area (Å²) < 4.78 is 4.82. The van der Waals surface area contributed by atoms with Crippen molar-refractivity contribution in [1.82, 2.24) is 5.32 Å². The molecule has 0 unspecified atom stereocenters. The van der Waals surface area contributed by atoms with Crippen LogP contribution in [0.1, 0.15) is 52.0 Å². The molecule has 1 atom stereocenters. The number of rotatable bonds is 5. The van der Waals surface area contributed by atoms with Crippen LogP contribution in [0.15, 0.2) is 36.4 Å². The number of carbonyl (C=O) groups excluding carboxylic acids is 1. The molecule has 138 valence electrons. The van der Waals surface area contributed by atoms with Crippen molar-refractivity contribution < 1.29 is 9.53 Å². The number of anilines is 1. The van der Waals surface area contributed by atoms with Crippen molar-refractivity contribution in [3.63, 3.8) is 0 Å². The van der Waals surface area contributed by atoms with Gasteiger partial charge in [0.05, 0.1) is 18.7 Å². The highest BCUT2D eigenvalue weighted by Crippen LogP contribution is 2.22. The highest BCUT2D eigenvalue weighted by atomic mass is 32.1. The number of ether oxygens (including phenoxy) is 1. The van der Waals surface area contributed by atoms with Crippen LogP contribution in [0.4, 0.5) is 5.69 Å². The third-order valence-corrected chi connectivity index (χ3v) is 4.85. The third-order valence-electron chi connectivity index (χ3n) is 4.63. The lowest BCUT2D eigenvalue weighted by molar-refractivity contribution is 0.0600. The zero-order valence-corrected chi connectivity index (χ0v) is 16.8. The average molecular weight is 371 g/mol. The molecule has 0 bridgehead atoms. The van der Waals surface area contributed by atoms with Crippen molar-refractivity contribution in [3.8, 4) is 0 Å². The Kier molecular flexibility index (Phi) is 6.75. The predicted octanol–water partition coefficient (Wildman–Crippen LogP) is 4.84. The summed E-state index contributed by atoms with van der Waals surface area (Å²) in [6, 6.07) is 12.0. The molecule has 0 aliphatic carbocycles. The lowest BCUT2D eigenvalue weighted by atomic mass is 9.99. The summed E-state index contributed by atoms with van der Waals surface area (Å²) in [6.45, 7) is 8.22. The average Bonchev–Trinajstić information content (AvgIpc) is 2.63. The molecule has 4 nitrogen and oxygen atoms in total. The number of hydrogen-bond donors (Lipinski definition) is 2. The molecule has 0 aliphatic rings. The van der Waals surface area contributed by atoms with Gasteiger partial charge in [-0.1, -0.05) is 31.2 Å². The Bertz CT molecular complexity index is 818. The zero-order chi connectivity index (χ0) is 19.3. The van der Waals surface area contributed by atoms with Gasteiger partial charge in [0.2, 0.25) is 0 Å². The van der Waals surface area contributed by atoms with Gasteiger partial charge >= 0.3 is 5.97 Å². The first-order valence-electron chi connectivity index (χ1n) is 8.70. The summed E-state index contributed by atoms with van der Waals surface area (Å²) in [5, 5.41) is 7.10. The minimum atomic E-state index is -0.355. The van der Waals surface area contributed by atoms with Gasteiger partial charge < -0.3 is 15.4 Å². The summed E-state index contributed by atoms with van der Waals surface area (Å²) in [7, 11) is 1.38. The third kappa shape index (κ3) is 4.61. The van der Waals surface area contributed by atoms with Gasteiger partial charge in [-0.15, -0.1) is 0 Å². The Morgan fingerprint density at radius 2 is 1.88 bits per heavy atom. The van der Waals surface area contributed by atoms with Crippen LogP contribution in [0.5, 0.6) is 0 Å². The molecule has 0 radical (unpaired) electrons. The molecule has 0 aromatic heterocycles. The van der Waals surface area contributed by atoms with Crippen LogP contribution in [0.3, 0.4) is 0 Å². The molecular weight excluding hydrogens is 344 g/mol. The maximum atomic E-state index is 11.8. The molecule has 2 rings (SSSR count). The van der Waals surface area contributed by atoms with Crippen LogP contribution >= 0.6 is 12.2 Å². The van der Waals surface area contributed by atoms with E-state index in [4.69, 9.17) is 17.0 Å². The molecule has 0 saturated heterocycles. The second-order valence-electron chi connectivity index (χ2n) is 6.37. The number of hydrogen-bond acceptors (Lipinski definition) is 3. The fourth-order valence-corrected chi connectivity index (χ4v) is 3.07. The first-order chi connectivity index (χ1) is 12.4. The van der Waals surface area contributed by atoms with Gasteiger partial charge in [-0.2, -0.15) is 0 Å². The van der Waals surface area contributed by atoms with Gasteiger partial charge in [0.25, 0.3) is 0 Å². The van der Waals surface area contributed by atoms with Crippen LogP contribution in [0.2, 0.25) is 0 Å². The van der Waals surface area contributed by atoms with Crippen molar-refractivity contribution in [3.05, 3.63) is 64.2 Å². The van der Waals surface area contributed by atoms with Crippen LogP contribution in [0, 0.1) is 20.8 Å². The van der Waals surface area contributed by atoms with E-state index in [2.05, 4.69) is 49.6 Å². The number of methoxy groups -OCH3 is 1. The fourth-order valence-electron chi connectivity index (χ4n) is 2.82. The minimum Gasteiger partial charge on any atom is -0.465 e. The second kappa shape index (κ2) is 8.81. The normalized spacial score (nSPS) is 11.6. The smallest absolute Gasteiger partial charge is 0.338 e. The van der Waals surface area contributed by atoms with Gasteiger partial charge in [0.15, 0.2) is 5.11 Å². The SMILES string of the molecule is CC[C@@H](NC(=S)Nc1cccc(C(=O)OC)c1C)c1ccc(C)c(C)c1.